The van der Waals surface area contributed by atoms with Crippen LogP contribution in [0.2, 0.25) is 0 Å². The number of nitrogens with zero attached hydrogens (tertiary/aromatic N) is 2. The lowest BCUT2D eigenvalue weighted by atomic mass is 10.1. The highest BCUT2D eigenvalue weighted by Crippen LogP contribution is 2.28. The summed E-state index contributed by atoms with van der Waals surface area (Å²) in [7, 11) is 0. The summed E-state index contributed by atoms with van der Waals surface area (Å²) in [5, 5.41) is 13.2. The van der Waals surface area contributed by atoms with Gasteiger partial charge >= 0.3 is 0 Å². The molecule has 0 radical (unpaired) electrons. The Morgan fingerprint density at radius 3 is 2.50 bits per heavy atom. The molecular formula is C13H11F2N3O2. The summed E-state index contributed by atoms with van der Waals surface area (Å²) < 4.78 is 27.4. The number of rotatable bonds is 4. The van der Waals surface area contributed by atoms with Crippen LogP contribution in [0.3, 0.4) is 0 Å². The van der Waals surface area contributed by atoms with Crippen molar-refractivity contribution in [3.8, 4) is 0 Å². The lowest BCUT2D eigenvalue weighted by molar-refractivity contribution is -0.385. The minimum absolute atomic E-state index is 0.394. The van der Waals surface area contributed by atoms with Gasteiger partial charge in [-0.05, 0) is 18.6 Å². The number of anilines is 1. The average molecular weight is 279 g/mol. The van der Waals surface area contributed by atoms with Crippen LogP contribution >= 0.6 is 0 Å². The second kappa shape index (κ2) is 5.60. The zero-order valence-corrected chi connectivity index (χ0v) is 10.5. The molecule has 0 bridgehead atoms. The Bertz CT molecular complexity index is 612. The van der Waals surface area contributed by atoms with Gasteiger partial charge in [0.05, 0.1) is 23.1 Å². The second-order valence-corrected chi connectivity index (χ2v) is 4.19. The summed E-state index contributed by atoms with van der Waals surface area (Å²) in [6.45, 7) is 1.71. The van der Waals surface area contributed by atoms with Crippen molar-refractivity contribution < 1.29 is 13.7 Å². The molecule has 20 heavy (non-hydrogen) atoms. The van der Waals surface area contributed by atoms with Crippen LogP contribution in [0, 0.1) is 21.7 Å². The quantitative estimate of drug-likeness (QED) is 0.687. The summed E-state index contributed by atoms with van der Waals surface area (Å²) in [4.78, 5) is 13.6. The van der Waals surface area contributed by atoms with Crippen molar-refractivity contribution >= 4 is 11.4 Å². The minimum atomic E-state index is -1.01. The third-order valence-corrected chi connectivity index (χ3v) is 2.78. The molecule has 0 saturated carbocycles. The smallest absolute Gasteiger partial charge is 0.275 e. The van der Waals surface area contributed by atoms with Crippen molar-refractivity contribution in [1.82, 2.24) is 4.98 Å². The van der Waals surface area contributed by atoms with Gasteiger partial charge in [-0.15, -0.1) is 0 Å². The molecule has 1 unspecified atom stereocenters. The van der Waals surface area contributed by atoms with Gasteiger partial charge in [0.15, 0.2) is 11.6 Å². The van der Waals surface area contributed by atoms with E-state index in [9.17, 15) is 18.9 Å². The minimum Gasteiger partial charge on any atom is -0.374 e. The summed E-state index contributed by atoms with van der Waals surface area (Å²) in [5.41, 5.74) is -0.281. The third kappa shape index (κ3) is 2.87. The molecular weight excluding hydrogens is 268 g/mol. The summed E-state index contributed by atoms with van der Waals surface area (Å²) in [5.74, 6) is -2.01. The number of nitrogens with one attached hydrogen (secondary N) is 1. The van der Waals surface area contributed by atoms with Crippen molar-refractivity contribution in [2.45, 2.75) is 13.0 Å². The number of hydrogen-bond acceptors (Lipinski definition) is 4. The molecule has 0 spiro atoms. The highest BCUT2D eigenvalue weighted by molar-refractivity contribution is 5.52. The number of nitro groups is 1. The number of non-ortho nitro benzene ring substituents is 1. The summed E-state index contributed by atoms with van der Waals surface area (Å²) in [6.07, 6.45) is 3.15. The van der Waals surface area contributed by atoms with Gasteiger partial charge in [0, 0.05) is 12.4 Å². The number of pyridine rings is 1. The maximum absolute atomic E-state index is 13.7. The Morgan fingerprint density at radius 1 is 1.35 bits per heavy atom. The Hall–Kier alpha value is -2.57. The fraction of sp³-hybridized carbons (Fsp3) is 0.154. The second-order valence-electron chi connectivity index (χ2n) is 4.19. The third-order valence-electron chi connectivity index (χ3n) is 2.78. The number of hydrogen-bond donors (Lipinski definition) is 1. The number of nitro benzene ring substituents is 1. The van der Waals surface area contributed by atoms with Crippen LogP contribution < -0.4 is 5.32 Å². The predicted molar refractivity (Wildman–Crippen MR) is 69.3 cm³/mol. The molecule has 1 heterocycles. The maximum Gasteiger partial charge on any atom is 0.275 e. The summed E-state index contributed by atoms with van der Waals surface area (Å²) in [6, 6.07) is 4.43. The molecule has 1 aromatic carbocycles. The number of halogens is 2. The van der Waals surface area contributed by atoms with Crippen LogP contribution in [0.4, 0.5) is 20.2 Å². The van der Waals surface area contributed by atoms with Gasteiger partial charge in [0.2, 0.25) is 0 Å². The molecule has 1 atom stereocenters. The Labute approximate surface area is 113 Å². The molecule has 0 aliphatic rings. The van der Waals surface area contributed by atoms with Crippen LogP contribution in [0.5, 0.6) is 0 Å². The topological polar surface area (TPSA) is 68.1 Å². The first-order chi connectivity index (χ1) is 9.49. The van der Waals surface area contributed by atoms with Crippen LogP contribution in [-0.4, -0.2) is 9.91 Å². The Balaban J connectivity index is 2.28. The van der Waals surface area contributed by atoms with E-state index in [0.29, 0.717) is 12.1 Å². The number of aromatic nitrogens is 1. The standard InChI is InChI=1S/C13H11F2N3O2/c1-8(9-3-2-4-16-7-9)17-13-11(14)5-10(18(19)20)6-12(13)15/h2-8,17H,1H3. The van der Waals surface area contributed by atoms with Crippen molar-refractivity contribution in [1.29, 1.82) is 0 Å². The zero-order valence-electron chi connectivity index (χ0n) is 10.5. The van der Waals surface area contributed by atoms with Crippen molar-refractivity contribution in [3.63, 3.8) is 0 Å². The molecule has 1 N–H and O–H groups in total. The zero-order chi connectivity index (χ0) is 14.7. The van der Waals surface area contributed by atoms with Gasteiger partial charge in [-0.25, -0.2) is 8.78 Å². The van der Waals surface area contributed by atoms with E-state index in [0.717, 1.165) is 5.56 Å². The largest absolute Gasteiger partial charge is 0.374 e. The molecule has 0 aliphatic carbocycles. The molecule has 7 heteroatoms. The fourth-order valence-electron chi connectivity index (χ4n) is 1.73. The number of benzene rings is 1. The molecule has 0 aliphatic heterocycles. The monoisotopic (exact) mass is 279 g/mol. The normalized spacial score (nSPS) is 11.9. The molecule has 2 aromatic rings. The van der Waals surface area contributed by atoms with E-state index in [1.165, 1.54) is 0 Å². The summed E-state index contributed by atoms with van der Waals surface area (Å²) >= 11 is 0. The van der Waals surface area contributed by atoms with E-state index in [1.807, 2.05) is 0 Å². The van der Waals surface area contributed by atoms with E-state index in [2.05, 4.69) is 10.3 Å². The molecule has 2 rings (SSSR count). The van der Waals surface area contributed by atoms with Crippen LogP contribution in [-0.2, 0) is 0 Å². The maximum atomic E-state index is 13.7. The van der Waals surface area contributed by atoms with E-state index >= 15 is 0 Å². The average Bonchev–Trinajstić information content (AvgIpc) is 2.43. The SMILES string of the molecule is CC(Nc1c(F)cc([N+](=O)[O-])cc1F)c1cccnc1. The van der Waals surface area contributed by atoms with Gasteiger partial charge in [-0.1, -0.05) is 6.07 Å². The van der Waals surface area contributed by atoms with Crippen molar-refractivity contribution in [2.24, 2.45) is 0 Å². The molecule has 0 saturated heterocycles. The molecule has 0 amide bonds. The van der Waals surface area contributed by atoms with Crippen molar-refractivity contribution in [2.75, 3.05) is 5.32 Å². The van der Waals surface area contributed by atoms with Gasteiger partial charge in [0.25, 0.3) is 5.69 Å². The molecule has 5 nitrogen and oxygen atoms in total. The van der Waals surface area contributed by atoms with Gasteiger partial charge < -0.3 is 5.32 Å². The van der Waals surface area contributed by atoms with Crippen LogP contribution in [0.15, 0.2) is 36.7 Å². The first-order valence-corrected chi connectivity index (χ1v) is 5.79. The van der Waals surface area contributed by atoms with Gasteiger partial charge in [-0.3, -0.25) is 15.1 Å². The molecule has 104 valence electrons. The molecule has 1 aromatic heterocycles. The van der Waals surface area contributed by atoms with Gasteiger partial charge in [0.1, 0.15) is 5.69 Å². The first-order valence-electron chi connectivity index (χ1n) is 5.79. The highest BCUT2D eigenvalue weighted by atomic mass is 19.1. The van der Waals surface area contributed by atoms with Crippen LogP contribution in [0.1, 0.15) is 18.5 Å². The Morgan fingerprint density at radius 2 is 2.00 bits per heavy atom. The lowest BCUT2D eigenvalue weighted by Crippen LogP contribution is -2.10. The van der Waals surface area contributed by atoms with E-state index in [-0.39, 0.29) is 0 Å². The van der Waals surface area contributed by atoms with E-state index < -0.39 is 34.0 Å². The lowest BCUT2D eigenvalue weighted by Gasteiger charge is -2.16. The first kappa shape index (κ1) is 13.9. The van der Waals surface area contributed by atoms with Crippen molar-refractivity contribution in [3.05, 3.63) is 64.0 Å². The van der Waals surface area contributed by atoms with Crippen LogP contribution in [0.25, 0.3) is 0 Å². The predicted octanol–water partition coefficient (Wildman–Crippen LogP) is 3.44. The van der Waals surface area contributed by atoms with Gasteiger partial charge in [-0.2, -0.15) is 0 Å². The highest BCUT2D eigenvalue weighted by Gasteiger charge is 2.18. The fourth-order valence-corrected chi connectivity index (χ4v) is 1.73. The van der Waals surface area contributed by atoms with E-state index in [1.54, 1.807) is 31.5 Å². The Kier molecular flexibility index (Phi) is 3.88. The van der Waals surface area contributed by atoms with E-state index in [4.69, 9.17) is 0 Å². The molecule has 0 fully saturated rings.